The zero-order valence-electron chi connectivity index (χ0n) is 20.8. The topological polar surface area (TPSA) is 167 Å². The van der Waals surface area contributed by atoms with Crippen molar-refractivity contribution in [1.82, 2.24) is 4.57 Å². The number of benzene rings is 1. The molecule has 0 unspecified atom stereocenters. The van der Waals surface area contributed by atoms with Crippen LogP contribution in [0.25, 0.3) is 10.2 Å². The Hall–Kier alpha value is -3.69. The number of esters is 1. The molecular formula is C24H24N4O8S3. The van der Waals surface area contributed by atoms with Gasteiger partial charge in [-0.15, -0.1) is 17.9 Å². The van der Waals surface area contributed by atoms with Crippen molar-refractivity contribution in [3.05, 3.63) is 61.8 Å². The van der Waals surface area contributed by atoms with Crippen molar-refractivity contribution in [3.8, 4) is 0 Å². The van der Waals surface area contributed by atoms with Crippen molar-refractivity contribution in [2.45, 2.75) is 32.7 Å². The van der Waals surface area contributed by atoms with Crippen LogP contribution in [0.4, 0.5) is 10.7 Å². The van der Waals surface area contributed by atoms with E-state index in [0.717, 1.165) is 34.6 Å². The summed E-state index contributed by atoms with van der Waals surface area (Å²) in [6.07, 6.45) is 3.85. The lowest BCUT2D eigenvalue weighted by Crippen LogP contribution is -2.28. The Balaban J connectivity index is 1.51. The molecule has 2 heterocycles. The number of sulfone groups is 1. The first kappa shape index (κ1) is 28.3. The number of nitrogens with one attached hydrogen (secondary N) is 1. The number of hydrogen-bond acceptors (Lipinski definition) is 10. The molecule has 4 rings (SSSR count). The second-order valence-corrected chi connectivity index (χ2v) is 12.7. The minimum absolute atomic E-state index is 0.136. The van der Waals surface area contributed by atoms with E-state index >= 15 is 0 Å². The highest BCUT2D eigenvalue weighted by Gasteiger charge is 2.29. The Morgan fingerprint density at radius 2 is 2.03 bits per heavy atom. The summed E-state index contributed by atoms with van der Waals surface area (Å²) < 4.78 is 32.5. The second-order valence-electron chi connectivity index (χ2n) is 8.56. The molecule has 0 radical (unpaired) electrons. The molecule has 0 atom stereocenters. The molecule has 206 valence electrons. The fourth-order valence-electron chi connectivity index (χ4n) is 4.22. The first-order valence-corrected chi connectivity index (χ1v) is 15.3. The van der Waals surface area contributed by atoms with Crippen LogP contribution >= 0.6 is 22.7 Å². The van der Waals surface area contributed by atoms with Gasteiger partial charge in [0.05, 0.1) is 27.3 Å². The van der Waals surface area contributed by atoms with Gasteiger partial charge in [0.15, 0.2) is 14.6 Å². The average Bonchev–Trinajstić information content (AvgIpc) is 3.51. The SMILES string of the molecule is C=CCn1c(=NC(=O)CS(=O)(=O)CC(=O)Nc2sc3c(c2C(=O)OCC)CCC3)sc2cc([N+](=O)[O-])ccc21. The van der Waals surface area contributed by atoms with Crippen LogP contribution < -0.4 is 10.1 Å². The molecule has 1 aliphatic rings. The van der Waals surface area contributed by atoms with Crippen molar-refractivity contribution in [1.29, 1.82) is 0 Å². The van der Waals surface area contributed by atoms with E-state index in [9.17, 15) is 32.9 Å². The number of thiophene rings is 1. The number of hydrogen-bond donors (Lipinski definition) is 1. The first-order chi connectivity index (χ1) is 18.5. The van der Waals surface area contributed by atoms with Crippen LogP contribution in [0.3, 0.4) is 0 Å². The number of ether oxygens (including phenoxy) is 1. The van der Waals surface area contributed by atoms with Crippen LogP contribution in [0, 0.1) is 10.1 Å². The predicted octanol–water partition coefficient (Wildman–Crippen LogP) is 3.00. The van der Waals surface area contributed by atoms with E-state index in [1.165, 1.54) is 29.5 Å². The molecular weight excluding hydrogens is 568 g/mol. The lowest BCUT2D eigenvalue weighted by atomic mass is 10.1. The molecule has 0 aliphatic heterocycles. The van der Waals surface area contributed by atoms with Crippen LogP contribution in [-0.4, -0.2) is 53.8 Å². The van der Waals surface area contributed by atoms with Gasteiger partial charge in [0, 0.05) is 23.6 Å². The van der Waals surface area contributed by atoms with Gasteiger partial charge in [-0.05, 0) is 37.8 Å². The molecule has 1 aromatic carbocycles. The standard InChI is InChI=1S/C24H24N4O8S3/c1-3-10-27-16-9-8-14(28(32)33)11-18(16)38-24(27)26-20(30)13-39(34,35)12-19(29)25-22-21(23(31)36-4-2)15-6-5-7-17(15)37-22/h3,8-9,11H,1,4-7,10,12-13H2,2H3,(H,25,29). The van der Waals surface area contributed by atoms with Gasteiger partial charge >= 0.3 is 5.97 Å². The number of thiazole rings is 1. The molecule has 12 nitrogen and oxygen atoms in total. The molecule has 3 aromatic rings. The lowest BCUT2D eigenvalue weighted by Gasteiger charge is -2.08. The zero-order chi connectivity index (χ0) is 28.3. The Kier molecular flexibility index (Phi) is 8.42. The van der Waals surface area contributed by atoms with Gasteiger partial charge in [-0.25, -0.2) is 13.2 Å². The number of aromatic nitrogens is 1. The third-order valence-corrected chi connectivity index (χ3v) is 9.39. The third kappa shape index (κ3) is 6.32. The van der Waals surface area contributed by atoms with E-state index in [-0.39, 0.29) is 34.2 Å². The van der Waals surface area contributed by atoms with Crippen LogP contribution in [0.2, 0.25) is 0 Å². The normalized spacial score (nSPS) is 13.3. The van der Waals surface area contributed by atoms with Gasteiger partial charge in [0.25, 0.3) is 11.6 Å². The van der Waals surface area contributed by atoms with Crippen molar-refractivity contribution in [2.24, 2.45) is 4.99 Å². The number of amides is 2. The van der Waals surface area contributed by atoms with Crippen LogP contribution in [0.15, 0.2) is 35.8 Å². The summed E-state index contributed by atoms with van der Waals surface area (Å²) in [6.45, 7) is 5.71. The third-order valence-electron chi connectivity index (χ3n) is 5.76. The van der Waals surface area contributed by atoms with E-state index in [1.807, 2.05) is 0 Å². The molecule has 2 amide bonds. The Labute approximate surface area is 230 Å². The summed E-state index contributed by atoms with van der Waals surface area (Å²) in [6, 6.07) is 4.18. The van der Waals surface area contributed by atoms with Crippen LogP contribution in [0.5, 0.6) is 0 Å². The van der Waals surface area contributed by atoms with Gasteiger partial charge in [0.2, 0.25) is 5.91 Å². The molecule has 15 heteroatoms. The van der Waals surface area contributed by atoms with Crippen LogP contribution in [-0.2, 0) is 43.5 Å². The number of aryl methyl sites for hydroxylation is 1. The van der Waals surface area contributed by atoms with E-state index in [0.29, 0.717) is 16.6 Å². The largest absolute Gasteiger partial charge is 0.462 e. The number of rotatable bonds is 10. The summed E-state index contributed by atoms with van der Waals surface area (Å²) in [5.41, 5.74) is 1.50. The average molecular weight is 593 g/mol. The number of allylic oxidation sites excluding steroid dienone is 1. The second kappa shape index (κ2) is 11.6. The van der Waals surface area contributed by atoms with Crippen LogP contribution in [0.1, 0.15) is 34.1 Å². The van der Waals surface area contributed by atoms with Crippen molar-refractivity contribution in [3.63, 3.8) is 0 Å². The summed E-state index contributed by atoms with van der Waals surface area (Å²) in [7, 11) is -4.21. The number of nitro benzene ring substituents is 1. The zero-order valence-corrected chi connectivity index (χ0v) is 23.2. The maximum absolute atomic E-state index is 12.7. The highest BCUT2D eigenvalue weighted by atomic mass is 32.2. The lowest BCUT2D eigenvalue weighted by molar-refractivity contribution is -0.384. The van der Waals surface area contributed by atoms with Gasteiger partial charge < -0.3 is 14.6 Å². The minimum atomic E-state index is -4.21. The molecule has 0 fully saturated rings. The molecule has 0 saturated carbocycles. The molecule has 1 aliphatic carbocycles. The Morgan fingerprint density at radius 3 is 2.72 bits per heavy atom. The number of carbonyl (C=O) groups is 3. The number of nitrogens with zero attached hydrogens (tertiary/aromatic N) is 3. The summed E-state index contributed by atoms with van der Waals surface area (Å²) in [5.74, 6) is -4.46. The van der Waals surface area contributed by atoms with Crippen molar-refractivity contribution in [2.75, 3.05) is 23.4 Å². The number of non-ortho nitro benzene ring substituents is 1. The van der Waals surface area contributed by atoms with E-state index < -0.39 is 44.0 Å². The van der Waals surface area contributed by atoms with Gasteiger partial charge in [-0.3, -0.25) is 19.7 Å². The smallest absolute Gasteiger partial charge is 0.341 e. The number of anilines is 1. The highest BCUT2D eigenvalue weighted by Crippen LogP contribution is 2.39. The van der Waals surface area contributed by atoms with Crippen molar-refractivity contribution < 1.29 is 32.5 Å². The van der Waals surface area contributed by atoms with Gasteiger partial charge in [0.1, 0.15) is 16.5 Å². The number of fused-ring (bicyclic) bond motifs is 2. The molecule has 2 aromatic heterocycles. The summed E-state index contributed by atoms with van der Waals surface area (Å²) in [4.78, 5) is 53.3. The monoisotopic (exact) mass is 592 g/mol. The first-order valence-electron chi connectivity index (χ1n) is 11.8. The quantitative estimate of drug-likeness (QED) is 0.162. The fourth-order valence-corrected chi connectivity index (χ4v) is 7.62. The summed E-state index contributed by atoms with van der Waals surface area (Å²) in [5, 5.41) is 13.8. The maximum atomic E-state index is 12.7. The Bertz CT molecular complexity index is 1680. The number of nitro groups is 1. The maximum Gasteiger partial charge on any atom is 0.341 e. The van der Waals surface area contributed by atoms with Gasteiger partial charge in [-0.1, -0.05) is 17.4 Å². The number of carbonyl (C=O) groups excluding carboxylic acids is 3. The van der Waals surface area contributed by atoms with E-state index in [4.69, 9.17) is 4.74 Å². The Morgan fingerprint density at radius 1 is 1.26 bits per heavy atom. The molecule has 0 spiro atoms. The highest BCUT2D eigenvalue weighted by molar-refractivity contribution is 7.92. The van der Waals surface area contributed by atoms with E-state index in [1.54, 1.807) is 17.6 Å². The minimum Gasteiger partial charge on any atom is -0.462 e. The van der Waals surface area contributed by atoms with Crippen molar-refractivity contribution >= 4 is 71.2 Å². The molecule has 0 bridgehead atoms. The van der Waals surface area contributed by atoms with E-state index in [2.05, 4.69) is 16.9 Å². The molecule has 1 N–H and O–H groups in total. The van der Waals surface area contributed by atoms with Gasteiger partial charge in [-0.2, -0.15) is 4.99 Å². The fraction of sp³-hybridized carbons (Fsp3) is 0.333. The summed E-state index contributed by atoms with van der Waals surface area (Å²) >= 11 is 2.21. The molecule has 0 saturated heterocycles. The predicted molar refractivity (Wildman–Crippen MR) is 147 cm³/mol. The molecule has 39 heavy (non-hydrogen) atoms.